The molecule has 3 N–H and O–H groups in total. The highest BCUT2D eigenvalue weighted by Crippen LogP contribution is 2.32. The Morgan fingerprint density at radius 3 is 2.55 bits per heavy atom. The summed E-state index contributed by atoms with van der Waals surface area (Å²) >= 11 is 12.0. The van der Waals surface area contributed by atoms with Crippen molar-refractivity contribution < 1.29 is 14.6 Å². The van der Waals surface area contributed by atoms with Crippen molar-refractivity contribution in [2.75, 3.05) is 5.73 Å². The zero-order valence-corrected chi connectivity index (χ0v) is 11.8. The number of carbonyl (C=O) groups is 1. The Kier molecular flexibility index (Phi) is 4.37. The summed E-state index contributed by atoms with van der Waals surface area (Å²) in [4.78, 5) is 11.2. The molecule has 0 radical (unpaired) electrons. The van der Waals surface area contributed by atoms with Gasteiger partial charge in [-0.2, -0.15) is 0 Å². The van der Waals surface area contributed by atoms with E-state index < -0.39 is 5.97 Å². The van der Waals surface area contributed by atoms with E-state index in [1.807, 2.05) is 6.07 Å². The van der Waals surface area contributed by atoms with Crippen molar-refractivity contribution in [3.05, 3.63) is 57.6 Å². The van der Waals surface area contributed by atoms with E-state index in [1.165, 1.54) is 12.1 Å². The number of hydrogen-bond acceptors (Lipinski definition) is 3. The SMILES string of the molecule is Nc1cc(Cl)c(OCc2ccccc2Cl)c(C(=O)O)c1. The van der Waals surface area contributed by atoms with Gasteiger partial charge in [0.25, 0.3) is 0 Å². The lowest BCUT2D eigenvalue weighted by Gasteiger charge is -2.12. The van der Waals surface area contributed by atoms with Crippen LogP contribution in [-0.2, 0) is 6.61 Å². The molecule has 0 aliphatic heterocycles. The van der Waals surface area contributed by atoms with Crippen molar-refractivity contribution in [3.8, 4) is 5.75 Å². The van der Waals surface area contributed by atoms with Crippen LogP contribution in [0.1, 0.15) is 15.9 Å². The summed E-state index contributed by atoms with van der Waals surface area (Å²) in [5.74, 6) is -1.08. The molecule has 6 heteroatoms. The Bertz CT molecular complexity index is 659. The van der Waals surface area contributed by atoms with Gasteiger partial charge >= 0.3 is 5.97 Å². The molecule has 2 aromatic carbocycles. The number of carboxylic acids is 1. The molecule has 0 fully saturated rings. The van der Waals surface area contributed by atoms with Gasteiger partial charge in [-0.05, 0) is 18.2 Å². The molecule has 0 heterocycles. The fourth-order valence-electron chi connectivity index (χ4n) is 1.69. The first-order chi connectivity index (χ1) is 9.49. The first-order valence-electron chi connectivity index (χ1n) is 5.67. The summed E-state index contributed by atoms with van der Waals surface area (Å²) in [7, 11) is 0. The minimum Gasteiger partial charge on any atom is -0.486 e. The molecule has 0 atom stereocenters. The van der Waals surface area contributed by atoms with Gasteiger partial charge < -0.3 is 15.6 Å². The predicted octanol–water partition coefficient (Wildman–Crippen LogP) is 3.85. The highest BCUT2D eigenvalue weighted by atomic mass is 35.5. The highest BCUT2D eigenvalue weighted by molar-refractivity contribution is 6.33. The third-order valence-corrected chi connectivity index (χ3v) is 3.28. The summed E-state index contributed by atoms with van der Waals surface area (Å²) in [5, 5.41) is 9.83. The number of halogens is 2. The molecule has 104 valence electrons. The molecule has 2 rings (SSSR count). The summed E-state index contributed by atoms with van der Waals surface area (Å²) in [6, 6.07) is 9.86. The Morgan fingerprint density at radius 1 is 1.20 bits per heavy atom. The molecule has 2 aromatic rings. The number of nitrogens with two attached hydrogens (primary N) is 1. The fraction of sp³-hybridized carbons (Fsp3) is 0.0714. The van der Waals surface area contributed by atoms with E-state index in [9.17, 15) is 4.79 Å². The molecule has 0 aliphatic carbocycles. The monoisotopic (exact) mass is 311 g/mol. The second-order valence-corrected chi connectivity index (χ2v) is 4.88. The van der Waals surface area contributed by atoms with Crippen molar-refractivity contribution >= 4 is 34.9 Å². The molecule has 0 saturated carbocycles. The van der Waals surface area contributed by atoms with Crippen LogP contribution in [0.15, 0.2) is 36.4 Å². The van der Waals surface area contributed by atoms with Crippen LogP contribution in [0.5, 0.6) is 5.75 Å². The largest absolute Gasteiger partial charge is 0.486 e. The quantitative estimate of drug-likeness (QED) is 0.841. The van der Waals surface area contributed by atoms with Gasteiger partial charge in [0.15, 0.2) is 5.75 Å². The minimum atomic E-state index is -1.16. The maximum absolute atomic E-state index is 11.2. The van der Waals surface area contributed by atoms with E-state index in [0.717, 1.165) is 5.56 Å². The molecule has 20 heavy (non-hydrogen) atoms. The number of nitrogen functional groups attached to an aromatic ring is 1. The van der Waals surface area contributed by atoms with Crippen molar-refractivity contribution in [3.63, 3.8) is 0 Å². The molecule has 0 saturated heterocycles. The van der Waals surface area contributed by atoms with Crippen LogP contribution in [0.4, 0.5) is 5.69 Å². The van der Waals surface area contributed by atoms with E-state index >= 15 is 0 Å². The van der Waals surface area contributed by atoms with Gasteiger partial charge in [0, 0.05) is 16.3 Å². The number of hydrogen-bond donors (Lipinski definition) is 2. The number of anilines is 1. The predicted molar refractivity (Wildman–Crippen MR) is 78.6 cm³/mol. The van der Waals surface area contributed by atoms with Crippen LogP contribution in [0.2, 0.25) is 10.0 Å². The lowest BCUT2D eigenvalue weighted by Crippen LogP contribution is -2.05. The average molecular weight is 312 g/mol. The van der Waals surface area contributed by atoms with Crippen LogP contribution < -0.4 is 10.5 Å². The van der Waals surface area contributed by atoms with Crippen LogP contribution in [0, 0.1) is 0 Å². The lowest BCUT2D eigenvalue weighted by molar-refractivity contribution is 0.0692. The van der Waals surface area contributed by atoms with Gasteiger partial charge in [0.2, 0.25) is 0 Å². The molecular formula is C14H11Cl2NO3. The Labute approximate surface area is 125 Å². The van der Waals surface area contributed by atoms with E-state index in [0.29, 0.717) is 5.02 Å². The maximum Gasteiger partial charge on any atom is 0.339 e. The summed E-state index contributed by atoms with van der Waals surface area (Å²) in [6.45, 7) is 0.115. The lowest BCUT2D eigenvalue weighted by atomic mass is 10.1. The molecule has 4 nitrogen and oxygen atoms in total. The molecule has 0 amide bonds. The van der Waals surface area contributed by atoms with Crippen molar-refractivity contribution in [2.24, 2.45) is 0 Å². The summed E-state index contributed by atoms with van der Waals surface area (Å²) in [5.41, 5.74) is 6.49. The van der Waals surface area contributed by atoms with Crippen molar-refractivity contribution in [1.29, 1.82) is 0 Å². The van der Waals surface area contributed by atoms with E-state index in [2.05, 4.69) is 0 Å². The second kappa shape index (κ2) is 6.03. The number of ether oxygens (including phenoxy) is 1. The standard InChI is InChI=1S/C14H11Cl2NO3/c15-11-4-2-1-3-8(11)7-20-13-10(14(18)19)5-9(17)6-12(13)16/h1-6H,7,17H2,(H,18,19). The number of carboxylic acid groups (broad SMARTS) is 1. The Hall–Kier alpha value is -1.91. The zero-order chi connectivity index (χ0) is 14.7. The van der Waals surface area contributed by atoms with Gasteiger partial charge in [0.05, 0.1) is 5.02 Å². The summed E-state index contributed by atoms with van der Waals surface area (Å²) < 4.78 is 5.50. The summed E-state index contributed by atoms with van der Waals surface area (Å²) in [6.07, 6.45) is 0. The topological polar surface area (TPSA) is 72.5 Å². The van der Waals surface area contributed by atoms with Crippen molar-refractivity contribution in [1.82, 2.24) is 0 Å². The molecule has 0 aromatic heterocycles. The number of rotatable bonds is 4. The molecule has 0 unspecified atom stereocenters. The average Bonchev–Trinajstić information content (AvgIpc) is 2.38. The third-order valence-electron chi connectivity index (χ3n) is 2.63. The smallest absolute Gasteiger partial charge is 0.339 e. The molecule has 0 aliphatic rings. The normalized spacial score (nSPS) is 10.3. The van der Waals surface area contributed by atoms with Gasteiger partial charge in [-0.15, -0.1) is 0 Å². The number of benzene rings is 2. The molecule has 0 bridgehead atoms. The fourth-order valence-corrected chi connectivity index (χ4v) is 2.16. The molecule has 0 spiro atoms. The van der Waals surface area contributed by atoms with E-state index in [-0.39, 0.29) is 28.6 Å². The Balaban J connectivity index is 2.30. The second-order valence-electron chi connectivity index (χ2n) is 4.06. The Morgan fingerprint density at radius 2 is 1.90 bits per heavy atom. The minimum absolute atomic E-state index is 0.0771. The first kappa shape index (κ1) is 14.5. The van der Waals surface area contributed by atoms with Gasteiger partial charge in [-0.25, -0.2) is 4.79 Å². The van der Waals surface area contributed by atoms with Crippen LogP contribution in [0.3, 0.4) is 0 Å². The van der Waals surface area contributed by atoms with E-state index in [1.54, 1.807) is 18.2 Å². The van der Waals surface area contributed by atoms with E-state index in [4.69, 9.17) is 38.8 Å². The van der Waals surface area contributed by atoms with Crippen LogP contribution in [-0.4, -0.2) is 11.1 Å². The van der Waals surface area contributed by atoms with Gasteiger partial charge in [-0.1, -0.05) is 41.4 Å². The first-order valence-corrected chi connectivity index (χ1v) is 6.43. The van der Waals surface area contributed by atoms with Crippen LogP contribution >= 0.6 is 23.2 Å². The van der Waals surface area contributed by atoms with Gasteiger partial charge in [-0.3, -0.25) is 0 Å². The highest BCUT2D eigenvalue weighted by Gasteiger charge is 2.16. The number of aromatic carboxylic acids is 1. The molecular weight excluding hydrogens is 301 g/mol. The third kappa shape index (κ3) is 3.15. The van der Waals surface area contributed by atoms with Gasteiger partial charge in [0.1, 0.15) is 12.2 Å². The van der Waals surface area contributed by atoms with Crippen LogP contribution in [0.25, 0.3) is 0 Å². The van der Waals surface area contributed by atoms with Crippen molar-refractivity contribution in [2.45, 2.75) is 6.61 Å². The zero-order valence-electron chi connectivity index (χ0n) is 10.3. The maximum atomic E-state index is 11.2.